The van der Waals surface area contributed by atoms with Gasteiger partial charge in [-0.1, -0.05) is 12.1 Å². The molecule has 0 aliphatic heterocycles. The molecule has 0 bridgehead atoms. The fourth-order valence-electron chi connectivity index (χ4n) is 2.56. The van der Waals surface area contributed by atoms with Crippen molar-refractivity contribution in [2.45, 2.75) is 6.18 Å². The summed E-state index contributed by atoms with van der Waals surface area (Å²) in [4.78, 5) is 19.7. The van der Waals surface area contributed by atoms with Gasteiger partial charge in [0, 0.05) is 11.3 Å². The molecule has 0 aliphatic rings. The summed E-state index contributed by atoms with van der Waals surface area (Å²) in [5.41, 5.74) is 2.79. The van der Waals surface area contributed by atoms with Crippen LogP contribution in [0.4, 0.5) is 19.1 Å². The number of carbonyl (C=O) groups excluding carboxylic acids is 1. The Balaban J connectivity index is 1.53. The molecule has 0 spiro atoms. The molecule has 2 aromatic heterocycles. The molecule has 1 amide bonds. The van der Waals surface area contributed by atoms with E-state index >= 15 is 0 Å². The topological polar surface area (TPSA) is 88.5 Å². The van der Waals surface area contributed by atoms with Crippen LogP contribution >= 0.6 is 0 Å². The summed E-state index contributed by atoms with van der Waals surface area (Å²) < 4.78 is 39.4. The Hall–Kier alpha value is -3.69. The molecule has 7 nitrogen and oxygen atoms in total. The first-order valence-corrected chi connectivity index (χ1v) is 7.75. The molecule has 0 aliphatic carbocycles. The van der Waals surface area contributed by atoms with Gasteiger partial charge in [-0.3, -0.25) is 19.8 Å². The van der Waals surface area contributed by atoms with Crippen molar-refractivity contribution in [2.75, 3.05) is 5.32 Å². The Kier molecular flexibility index (Phi) is 3.87. The quantitative estimate of drug-likeness (QED) is 0.577. The van der Waals surface area contributed by atoms with E-state index < -0.39 is 23.9 Å². The van der Waals surface area contributed by atoms with Gasteiger partial charge >= 0.3 is 6.18 Å². The summed E-state index contributed by atoms with van der Waals surface area (Å²) in [5.74, 6) is -2.35. The molecule has 4 aromatic rings. The summed E-state index contributed by atoms with van der Waals surface area (Å²) in [5, 5.41) is 7.30. The van der Waals surface area contributed by atoms with E-state index in [1.807, 2.05) is 28.8 Å². The number of fused-ring (bicyclic) bond motifs is 1. The highest BCUT2D eigenvalue weighted by atomic mass is 19.4. The second kappa shape index (κ2) is 6.24. The normalized spacial score (nSPS) is 11.7. The van der Waals surface area contributed by atoms with Crippen LogP contribution in [0.3, 0.4) is 0 Å². The number of hydrogen-bond acceptors (Lipinski definition) is 4. The fourth-order valence-corrected chi connectivity index (χ4v) is 2.56. The average Bonchev–Trinajstić information content (AvgIpc) is 3.28. The van der Waals surface area contributed by atoms with E-state index in [1.165, 1.54) is 0 Å². The Labute approximate surface area is 149 Å². The van der Waals surface area contributed by atoms with Gasteiger partial charge in [-0.15, -0.1) is 5.10 Å². The van der Waals surface area contributed by atoms with Crippen molar-refractivity contribution in [3.05, 3.63) is 66.2 Å². The highest BCUT2D eigenvalue weighted by Gasteiger charge is 2.35. The Morgan fingerprint density at radius 2 is 1.81 bits per heavy atom. The second-order valence-corrected chi connectivity index (χ2v) is 5.61. The Bertz CT molecular complexity index is 1110. The van der Waals surface area contributed by atoms with Crippen LogP contribution in [-0.4, -0.2) is 30.6 Å². The molecule has 0 atom stereocenters. The van der Waals surface area contributed by atoms with Crippen molar-refractivity contribution in [2.24, 2.45) is 0 Å². The number of para-hydroxylation sites is 2. The maximum Gasteiger partial charge on any atom is 0.451 e. The van der Waals surface area contributed by atoms with E-state index in [0.29, 0.717) is 0 Å². The molecule has 0 fully saturated rings. The van der Waals surface area contributed by atoms with Gasteiger partial charge in [-0.25, -0.2) is 4.98 Å². The summed E-state index contributed by atoms with van der Waals surface area (Å²) in [6.07, 6.45) is -2.99. The SMILES string of the molecule is O=C(Nc1n[nH]c(C(F)(F)F)n1)c1ccc(-n2cnc3ccccc32)cc1. The average molecular weight is 372 g/mol. The highest BCUT2D eigenvalue weighted by Crippen LogP contribution is 2.26. The van der Waals surface area contributed by atoms with Gasteiger partial charge in [0.1, 0.15) is 6.33 Å². The number of nitrogens with zero attached hydrogens (tertiary/aromatic N) is 4. The molecule has 2 N–H and O–H groups in total. The molecule has 0 saturated carbocycles. The number of anilines is 1. The van der Waals surface area contributed by atoms with Crippen molar-refractivity contribution in [1.82, 2.24) is 24.7 Å². The van der Waals surface area contributed by atoms with Crippen LogP contribution in [0.1, 0.15) is 16.2 Å². The molecule has 0 saturated heterocycles. The minimum Gasteiger partial charge on any atom is -0.299 e. The lowest BCUT2D eigenvalue weighted by molar-refractivity contribution is -0.144. The maximum absolute atomic E-state index is 12.5. The first-order chi connectivity index (χ1) is 12.9. The van der Waals surface area contributed by atoms with E-state index in [4.69, 9.17) is 0 Å². The van der Waals surface area contributed by atoms with Crippen LogP contribution in [0, 0.1) is 0 Å². The number of halogens is 3. The summed E-state index contributed by atoms with van der Waals surface area (Å²) in [6.45, 7) is 0. The molecule has 2 aromatic carbocycles. The van der Waals surface area contributed by atoms with Gasteiger partial charge in [0.2, 0.25) is 11.8 Å². The molecule has 0 radical (unpaired) electrons. The lowest BCUT2D eigenvalue weighted by atomic mass is 10.2. The predicted molar refractivity (Wildman–Crippen MR) is 90.4 cm³/mol. The van der Waals surface area contributed by atoms with E-state index in [0.717, 1.165) is 16.7 Å². The largest absolute Gasteiger partial charge is 0.451 e. The van der Waals surface area contributed by atoms with Crippen LogP contribution < -0.4 is 5.32 Å². The number of nitrogens with one attached hydrogen (secondary N) is 2. The third-order valence-electron chi connectivity index (χ3n) is 3.84. The van der Waals surface area contributed by atoms with Gasteiger partial charge in [-0.2, -0.15) is 18.2 Å². The lowest BCUT2D eigenvalue weighted by Gasteiger charge is -2.06. The molecule has 10 heteroatoms. The van der Waals surface area contributed by atoms with E-state index in [-0.39, 0.29) is 5.56 Å². The first-order valence-electron chi connectivity index (χ1n) is 7.75. The number of carbonyl (C=O) groups is 1. The highest BCUT2D eigenvalue weighted by molar-refractivity contribution is 6.03. The number of H-pyrrole nitrogens is 1. The first kappa shape index (κ1) is 16.8. The van der Waals surface area contributed by atoms with Crippen molar-refractivity contribution < 1.29 is 18.0 Å². The Morgan fingerprint density at radius 3 is 2.52 bits per heavy atom. The summed E-state index contributed by atoms with van der Waals surface area (Å²) in [6, 6.07) is 14.1. The van der Waals surface area contributed by atoms with Crippen molar-refractivity contribution >= 4 is 22.9 Å². The molecular formula is C17H11F3N6O. The predicted octanol–water partition coefficient (Wildman–Crippen LogP) is 3.41. The summed E-state index contributed by atoms with van der Waals surface area (Å²) in [7, 11) is 0. The van der Waals surface area contributed by atoms with Crippen LogP contribution in [0.2, 0.25) is 0 Å². The van der Waals surface area contributed by atoms with Crippen LogP contribution in [0.25, 0.3) is 16.7 Å². The number of aromatic nitrogens is 5. The molecular weight excluding hydrogens is 361 g/mol. The van der Waals surface area contributed by atoms with E-state index in [1.54, 1.807) is 35.7 Å². The summed E-state index contributed by atoms with van der Waals surface area (Å²) >= 11 is 0. The van der Waals surface area contributed by atoms with Gasteiger partial charge in [0.25, 0.3) is 5.91 Å². The lowest BCUT2D eigenvalue weighted by Crippen LogP contribution is -2.13. The zero-order valence-corrected chi connectivity index (χ0v) is 13.5. The zero-order chi connectivity index (χ0) is 19.0. The number of hydrogen-bond donors (Lipinski definition) is 2. The minimum atomic E-state index is -4.66. The molecule has 27 heavy (non-hydrogen) atoms. The Morgan fingerprint density at radius 1 is 1.07 bits per heavy atom. The van der Waals surface area contributed by atoms with Gasteiger partial charge in [0.15, 0.2) is 0 Å². The monoisotopic (exact) mass is 372 g/mol. The molecule has 2 heterocycles. The van der Waals surface area contributed by atoms with Crippen molar-refractivity contribution in [3.8, 4) is 5.69 Å². The third kappa shape index (κ3) is 3.24. The number of benzene rings is 2. The van der Waals surface area contributed by atoms with Crippen LogP contribution in [-0.2, 0) is 6.18 Å². The molecule has 136 valence electrons. The third-order valence-corrected chi connectivity index (χ3v) is 3.84. The standard InChI is InChI=1S/C17H11F3N6O/c18-17(19,20)15-23-16(25-24-15)22-14(27)10-5-7-11(8-6-10)26-9-21-12-3-1-2-4-13(12)26/h1-9H,(H2,22,23,24,25,27). The van der Waals surface area contributed by atoms with Crippen LogP contribution in [0.5, 0.6) is 0 Å². The van der Waals surface area contributed by atoms with Gasteiger partial charge in [0.05, 0.1) is 11.0 Å². The second-order valence-electron chi connectivity index (χ2n) is 5.61. The maximum atomic E-state index is 12.5. The molecule has 4 rings (SSSR count). The number of alkyl halides is 3. The smallest absolute Gasteiger partial charge is 0.299 e. The van der Waals surface area contributed by atoms with E-state index in [9.17, 15) is 18.0 Å². The van der Waals surface area contributed by atoms with Crippen molar-refractivity contribution in [1.29, 1.82) is 0 Å². The number of imidazole rings is 1. The number of aromatic amines is 1. The van der Waals surface area contributed by atoms with Gasteiger partial charge < -0.3 is 0 Å². The number of amides is 1. The van der Waals surface area contributed by atoms with E-state index in [2.05, 4.69) is 20.4 Å². The van der Waals surface area contributed by atoms with Crippen LogP contribution in [0.15, 0.2) is 54.9 Å². The fraction of sp³-hybridized carbons (Fsp3) is 0.0588. The van der Waals surface area contributed by atoms with Crippen molar-refractivity contribution in [3.63, 3.8) is 0 Å². The minimum absolute atomic E-state index is 0.251. The van der Waals surface area contributed by atoms with Gasteiger partial charge in [-0.05, 0) is 36.4 Å². The molecule has 0 unspecified atom stereocenters. The zero-order valence-electron chi connectivity index (χ0n) is 13.5. The number of rotatable bonds is 3.